The van der Waals surface area contributed by atoms with Gasteiger partial charge in [0.25, 0.3) is 0 Å². The van der Waals surface area contributed by atoms with Crippen LogP contribution in [-0.2, 0) is 17.8 Å². The lowest BCUT2D eigenvalue weighted by Crippen LogP contribution is -2.45. The highest BCUT2D eigenvalue weighted by Crippen LogP contribution is 2.33. The molecule has 2 atom stereocenters. The minimum Gasteiger partial charge on any atom is -0.360 e. The number of nitrogens with zero attached hydrogens (tertiary/aromatic N) is 3. The van der Waals surface area contributed by atoms with Crippen molar-refractivity contribution in [2.45, 2.75) is 58.0 Å². The fourth-order valence-corrected chi connectivity index (χ4v) is 4.26. The minimum absolute atomic E-state index is 0.322. The highest BCUT2D eigenvalue weighted by atomic mass is 16.5. The van der Waals surface area contributed by atoms with Gasteiger partial charge < -0.3 is 9.42 Å². The summed E-state index contributed by atoms with van der Waals surface area (Å²) in [5.41, 5.74) is 1.03. The third kappa shape index (κ3) is 3.03. The topological polar surface area (TPSA) is 49.6 Å². The van der Waals surface area contributed by atoms with Crippen LogP contribution in [0.1, 0.15) is 50.5 Å². The molecule has 0 aromatic carbocycles. The lowest BCUT2D eigenvalue weighted by molar-refractivity contribution is -0.138. The molecule has 4 heterocycles. The number of amides is 1. The monoisotopic (exact) mass is 317 g/mol. The van der Waals surface area contributed by atoms with Crippen LogP contribution in [-0.4, -0.2) is 46.5 Å². The standard InChI is InChI=1S/C18H27N3O2/c1-2-15-8-17(23-19-15)12-20-9-13-6-7-16(20)11-21(10-13)18(22)14-4-3-5-14/h8,13-14,16H,2-7,9-12H2,1H3/t13-,16-/m1/s1. The molecular weight excluding hydrogens is 290 g/mol. The van der Waals surface area contributed by atoms with E-state index < -0.39 is 0 Å². The van der Waals surface area contributed by atoms with Gasteiger partial charge in [0.1, 0.15) is 0 Å². The average molecular weight is 317 g/mol. The van der Waals surface area contributed by atoms with Crippen molar-refractivity contribution in [2.75, 3.05) is 19.6 Å². The average Bonchev–Trinajstić information content (AvgIpc) is 2.75. The summed E-state index contributed by atoms with van der Waals surface area (Å²) in [4.78, 5) is 17.3. The molecule has 5 heteroatoms. The molecule has 4 aliphatic rings. The summed E-state index contributed by atoms with van der Waals surface area (Å²) in [6, 6.07) is 2.56. The van der Waals surface area contributed by atoms with Crippen LogP contribution in [0.3, 0.4) is 0 Å². The number of fused-ring (bicyclic) bond motifs is 4. The van der Waals surface area contributed by atoms with Gasteiger partial charge in [-0.2, -0.15) is 0 Å². The largest absolute Gasteiger partial charge is 0.360 e. The van der Waals surface area contributed by atoms with Crippen molar-refractivity contribution in [2.24, 2.45) is 11.8 Å². The Labute approximate surface area is 138 Å². The summed E-state index contributed by atoms with van der Waals surface area (Å²) in [6.45, 7) is 5.87. The van der Waals surface area contributed by atoms with Gasteiger partial charge in [0, 0.05) is 37.7 Å². The van der Waals surface area contributed by atoms with Crippen LogP contribution in [0.2, 0.25) is 0 Å². The molecule has 1 aromatic heterocycles. The fraction of sp³-hybridized carbons (Fsp3) is 0.778. The number of hydrogen-bond donors (Lipinski definition) is 0. The molecule has 5 rings (SSSR count). The summed E-state index contributed by atoms with van der Waals surface area (Å²) in [5.74, 6) is 2.32. The predicted octanol–water partition coefficient (Wildman–Crippen LogP) is 2.46. The quantitative estimate of drug-likeness (QED) is 0.856. The van der Waals surface area contributed by atoms with Gasteiger partial charge in [-0.05, 0) is 38.0 Å². The number of aryl methyl sites for hydroxylation is 1. The third-order valence-corrected chi connectivity index (χ3v) is 5.92. The highest BCUT2D eigenvalue weighted by Gasteiger charge is 2.39. The molecule has 1 aliphatic carbocycles. The number of rotatable bonds is 4. The van der Waals surface area contributed by atoms with E-state index in [1.54, 1.807) is 0 Å². The van der Waals surface area contributed by atoms with Gasteiger partial charge in [-0.15, -0.1) is 0 Å². The Morgan fingerprint density at radius 3 is 2.83 bits per heavy atom. The first-order chi connectivity index (χ1) is 11.2. The van der Waals surface area contributed by atoms with Gasteiger partial charge in [0.2, 0.25) is 5.91 Å². The first-order valence-electron chi connectivity index (χ1n) is 9.20. The maximum atomic E-state index is 12.6. The molecule has 23 heavy (non-hydrogen) atoms. The van der Waals surface area contributed by atoms with Gasteiger partial charge >= 0.3 is 0 Å². The molecule has 1 amide bonds. The Balaban J connectivity index is 1.43. The summed E-state index contributed by atoms with van der Waals surface area (Å²) in [7, 11) is 0. The van der Waals surface area contributed by atoms with Gasteiger partial charge in [-0.25, -0.2) is 0 Å². The number of carbonyl (C=O) groups excluding carboxylic acids is 1. The fourth-order valence-electron chi connectivity index (χ4n) is 4.26. The third-order valence-electron chi connectivity index (χ3n) is 5.92. The van der Waals surface area contributed by atoms with Crippen molar-refractivity contribution in [3.05, 3.63) is 17.5 Å². The van der Waals surface area contributed by atoms with Crippen LogP contribution in [0.25, 0.3) is 0 Å². The Morgan fingerprint density at radius 1 is 1.26 bits per heavy atom. The van der Waals surface area contributed by atoms with E-state index in [-0.39, 0.29) is 0 Å². The Hall–Kier alpha value is -1.36. The minimum atomic E-state index is 0.322. The zero-order chi connectivity index (χ0) is 15.8. The molecule has 126 valence electrons. The molecular formula is C18H27N3O2. The highest BCUT2D eigenvalue weighted by molar-refractivity contribution is 5.79. The van der Waals surface area contributed by atoms with E-state index in [1.807, 2.05) is 0 Å². The molecule has 4 fully saturated rings. The van der Waals surface area contributed by atoms with Crippen LogP contribution in [0.15, 0.2) is 10.6 Å². The SMILES string of the molecule is CCc1cc(CN2C[C@H]3CC[C@@H]2CN(C(=O)C2CCC2)C3)on1. The number of aromatic nitrogens is 1. The molecule has 0 unspecified atom stereocenters. The van der Waals surface area contributed by atoms with Crippen LogP contribution >= 0.6 is 0 Å². The van der Waals surface area contributed by atoms with Crippen molar-refractivity contribution >= 4 is 5.91 Å². The Bertz CT molecular complexity index is 566. The molecule has 3 aliphatic heterocycles. The second kappa shape index (κ2) is 6.27. The van der Waals surface area contributed by atoms with Crippen molar-refractivity contribution in [1.82, 2.24) is 15.0 Å². The van der Waals surface area contributed by atoms with Crippen LogP contribution in [0, 0.1) is 11.8 Å². The molecule has 5 nitrogen and oxygen atoms in total. The maximum absolute atomic E-state index is 12.6. The summed E-state index contributed by atoms with van der Waals surface area (Å²) >= 11 is 0. The molecule has 1 aromatic rings. The Morgan fingerprint density at radius 2 is 2.13 bits per heavy atom. The van der Waals surface area contributed by atoms with Crippen molar-refractivity contribution in [3.8, 4) is 0 Å². The van der Waals surface area contributed by atoms with Crippen LogP contribution < -0.4 is 0 Å². The van der Waals surface area contributed by atoms with E-state index in [0.717, 1.165) is 56.9 Å². The number of carbonyl (C=O) groups is 1. The number of piperidine rings is 1. The maximum Gasteiger partial charge on any atom is 0.225 e. The first kappa shape index (κ1) is 15.2. The smallest absolute Gasteiger partial charge is 0.225 e. The molecule has 1 saturated carbocycles. The molecule has 0 spiro atoms. The van der Waals surface area contributed by atoms with Crippen LogP contribution in [0.5, 0.6) is 0 Å². The molecule has 0 radical (unpaired) electrons. The van der Waals surface area contributed by atoms with Crippen molar-refractivity contribution < 1.29 is 9.32 Å². The number of hydrogen-bond acceptors (Lipinski definition) is 4. The van der Waals surface area contributed by atoms with E-state index in [0.29, 0.717) is 23.8 Å². The van der Waals surface area contributed by atoms with Gasteiger partial charge in [-0.1, -0.05) is 18.5 Å². The van der Waals surface area contributed by atoms with Crippen molar-refractivity contribution in [3.63, 3.8) is 0 Å². The predicted molar refractivity (Wildman–Crippen MR) is 86.7 cm³/mol. The van der Waals surface area contributed by atoms with E-state index in [4.69, 9.17) is 4.52 Å². The van der Waals surface area contributed by atoms with Gasteiger partial charge in [-0.3, -0.25) is 9.69 Å². The second-order valence-corrected chi connectivity index (χ2v) is 7.54. The van der Waals surface area contributed by atoms with E-state index in [1.165, 1.54) is 19.3 Å². The van der Waals surface area contributed by atoms with Crippen LogP contribution in [0.4, 0.5) is 0 Å². The zero-order valence-corrected chi connectivity index (χ0v) is 14.0. The molecule has 2 bridgehead atoms. The first-order valence-corrected chi connectivity index (χ1v) is 9.20. The summed E-state index contributed by atoms with van der Waals surface area (Å²) < 4.78 is 5.47. The normalized spacial score (nSPS) is 28.7. The van der Waals surface area contributed by atoms with E-state index >= 15 is 0 Å². The summed E-state index contributed by atoms with van der Waals surface area (Å²) in [5, 5.41) is 4.10. The lowest BCUT2D eigenvalue weighted by atomic mass is 9.84. The van der Waals surface area contributed by atoms with E-state index in [2.05, 4.69) is 27.9 Å². The van der Waals surface area contributed by atoms with Gasteiger partial charge in [0.05, 0.1) is 12.2 Å². The van der Waals surface area contributed by atoms with Crippen molar-refractivity contribution in [1.29, 1.82) is 0 Å². The molecule has 3 saturated heterocycles. The Kier molecular flexibility index (Phi) is 4.14. The lowest BCUT2D eigenvalue weighted by Gasteiger charge is -2.35. The summed E-state index contributed by atoms with van der Waals surface area (Å²) in [6.07, 6.45) is 6.81. The molecule has 0 N–H and O–H groups in total. The van der Waals surface area contributed by atoms with Gasteiger partial charge in [0.15, 0.2) is 5.76 Å². The zero-order valence-electron chi connectivity index (χ0n) is 14.0. The second-order valence-electron chi connectivity index (χ2n) is 7.54. The van der Waals surface area contributed by atoms with E-state index in [9.17, 15) is 4.79 Å².